The predicted octanol–water partition coefficient (Wildman–Crippen LogP) is 6.81. The minimum Gasteiger partial charge on any atom is -0.496 e. The second kappa shape index (κ2) is 14.1. The van der Waals surface area contributed by atoms with Gasteiger partial charge < -0.3 is 34.2 Å². The highest BCUT2D eigenvalue weighted by Gasteiger charge is 2.68. The molecule has 2 N–H and O–H groups in total. The Bertz CT molecular complexity index is 1380. The number of hydrogen-bond donors (Lipinski definition) is 2. The summed E-state index contributed by atoms with van der Waals surface area (Å²) in [6.45, 7) is 17.9. The molecular formula is C38H59BN2O8. The van der Waals surface area contributed by atoms with Gasteiger partial charge in [-0.2, -0.15) is 0 Å². The maximum atomic E-state index is 13.6. The van der Waals surface area contributed by atoms with Crippen molar-refractivity contribution in [3.63, 3.8) is 0 Å². The van der Waals surface area contributed by atoms with Crippen LogP contribution in [0.4, 0.5) is 4.79 Å². The number of para-hydroxylation sites is 1. The van der Waals surface area contributed by atoms with E-state index in [4.69, 9.17) is 23.5 Å². The van der Waals surface area contributed by atoms with Crippen LogP contribution in [-0.4, -0.2) is 67.1 Å². The van der Waals surface area contributed by atoms with Gasteiger partial charge in [-0.15, -0.1) is 0 Å². The van der Waals surface area contributed by atoms with Crippen LogP contribution in [0.3, 0.4) is 0 Å². The lowest BCUT2D eigenvalue weighted by Crippen LogP contribution is -2.65. The predicted molar refractivity (Wildman–Crippen MR) is 188 cm³/mol. The minimum atomic E-state index is -0.659. The molecule has 5 aliphatic rings. The highest BCUT2D eigenvalue weighted by atomic mass is 16.7. The summed E-state index contributed by atoms with van der Waals surface area (Å²) in [7, 11) is 0.907. The first-order valence-corrected chi connectivity index (χ1v) is 18.3. The monoisotopic (exact) mass is 682 g/mol. The number of ether oxygens (including phenoxy) is 3. The van der Waals surface area contributed by atoms with Crippen LogP contribution in [0.15, 0.2) is 18.2 Å². The van der Waals surface area contributed by atoms with E-state index < -0.39 is 35.8 Å². The number of nitrogens with one attached hydrogen (secondary N) is 2. The maximum absolute atomic E-state index is 13.6. The van der Waals surface area contributed by atoms with Gasteiger partial charge in [0, 0.05) is 12.5 Å². The fraction of sp³-hybridized carbons (Fsp3) is 0.763. The van der Waals surface area contributed by atoms with Crippen molar-refractivity contribution < 1.29 is 37.9 Å². The Balaban J connectivity index is 1.26. The van der Waals surface area contributed by atoms with Crippen molar-refractivity contribution >= 4 is 25.1 Å². The molecule has 1 saturated heterocycles. The third kappa shape index (κ3) is 8.58. The molecule has 1 aromatic rings. The summed E-state index contributed by atoms with van der Waals surface area (Å²) in [5.41, 5.74) is -0.319. The van der Waals surface area contributed by atoms with Crippen LogP contribution in [0.5, 0.6) is 5.75 Å². The molecule has 11 heteroatoms. The van der Waals surface area contributed by atoms with E-state index in [1.807, 2.05) is 53.7 Å². The minimum absolute atomic E-state index is 0.0341. The van der Waals surface area contributed by atoms with Crippen molar-refractivity contribution in [3.05, 3.63) is 29.3 Å². The lowest BCUT2D eigenvalue weighted by atomic mass is 9.43. The number of hydrogen-bond acceptors (Lipinski definition) is 8. The molecule has 5 fully saturated rings. The molecule has 1 aromatic carbocycles. The van der Waals surface area contributed by atoms with Gasteiger partial charge in [0.1, 0.15) is 22.5 Å². The van der Waals surface area contributed by atoms with E-state index in [1.165, 1.54) is 0 Å². The number of rotatable bonds is 10. The summed E-state index contributed by atoms with van der Waals surface area (Å²) in [6.07, 6.45) is 6.79. The number of methoxy groups -OCH3 is 1. The third-order valence-corrected chi connectivity index (χ3v) is 11.4. The van der Waals surface area contributed by atoms with Crippen molar-refractivity contribution in [1.29, 1.82) is 0 Å². The average Bonchev–Trinajstić information content (AvgIpc) is 3.35. The first-order valence-electron chi connectivity index (χ1n) is 18.3. The van der Waals surface area contributed by atoms with Crippen LogP contribution in [0, 0.1) is 23.2 Å². The largest absolute Gasteiger partial charge is 0.496 e. The number of carbonyl (C=O) groups excluding carboxylic acids is 3. The molecule has 0 spiro atoms. The molecular weight excluding hydrogens is 623 g/mol. The molecule has 4 saturated carbocycles. The Kier molecular flexibility index (Phi) is 10.8. The van der Waals surface area contributed by atoms with Gasteiger partial charge in [-0.3, -0.25) is 4.79 Å². The molecule has 4 unspecified atom stereocenters. The van der Waals surface area contributed by atoms with Gasteiger partial charge in [0.15, 0.2) is 0 Å². The molecule has 0 radical (unpaired) electrons. The highest BCUT2D eigenvalue weighted by Crippen LogP contribution is 2.65. The van der Waals surface area contributed by atoms with Crippen LogP contribution < -0.4 is 15.4 Å². The first-order chi connectivity index (χ1) is 22.8. The van der Waals surface area contributed by atoms with Gasteiger partial charge in [-0.1, -0.05) is 26.0 Å². The molecule has 1 heterocycles. The van der Waals surface area contributed by atoms with E-state index in [2.05, 4.69) is 31.4 Å². The Labute approximate surface area is 293 Å². The molecule has 1 aliphatic heterocycles. The van der Waals surface area contributed by atoms with E-state index >= 15 is 0 Å². The Hall–Kier alpha value is -2.79. The van der Waals surface area contributed by atoms with Gasteiger partial charge in [-0.25, -0.2) is 9.59 Å². The summed E-state index contributed by atoms with van der Waals surface area (Å²) in [5, 5.41) is 6.28. The van der Waals surface area contributed by atoms with Crippen LogP contribution in [0.25, 0.3) is 0 Å². The summed E-state index contributed by atoms with van der Waals surface area (Å²) in [6, 6.07) is 5.53. The van der Waals surface area contributed by atoms with Crippen LogP contribution in [-0.2, 0) is 30.0 Å². The zero-order valence-corrected chi connectivity index (χ0v) is 31.4. The number of benzene rings is 1. The molecule has 4 aliphatic carbocycles. The molecule has 2 bridgehead atoms. The van der Waals surface area contributed by atoms with Crippen LogP contribution in [0.2, 0.25) is 0 Å². The van der Waals surface area contributed by atoms with Gasteiger partial charge in [0.2, 0.25) is 5.91 Å². The lowest BCUT2D eigenvalue weighted by Gasteiger charge is -2.64. The second-order valence-corrected chi connectivity index (χ2v) is 17.6. The maximum Gasteiger partial charge on any atom is 0.482 e. The number of esters is 1. The molecule has 10 nitrogen and oxygen atoms in total. The number of amides is 2. The van der Waals surface area contributed by atoms with E-state index in [1.54, 1.807) is 13.2 Å². The Morgan fingerprint density at radius 2 is 1.65 bits per heavy atom. The summed E-state index contributed by atoms with van der Waals surface area (Å²) < 4.78 is 30.4. The van der Waals surface area contributed by atoms with Gasteiger partial charge in [0.25, 0.3) is 0 Å². The lowest BCUT2D eigenvalue weighted by molar-refractivity contribution is -0.199. The topological polar surface area (TPSA) is 121 Å². The van der Waals surface area contributed by atoms with E-state index in [-0.39, 0.29) is 29.6 Å². The smallest absolute Gasteiger partial charge is 0.482 e. The van der Waals surface area contributed by atoms with Gasteiger partial charge >= 0.3 is 19.2 Å². The molecule has 5 atom stereocenters. The molecule has 6 rings (SSSR count). The second-order valence-electron chi connectivity index (χ2n) is 17.6. The van der Waals surface area contributed by atoms with Gasteiger partial charge in [0.05, 0.1) is 24.8 Å². The van der Waals surface area contributed by atoms with Crippen molar-refractivity contribution in [2.75, 3.05) is 7.11 Å². The normalized spacial score (nSPS) is 29.6. The van der Waals surface area contributed by atoms with Crippen molar-refractivity contribution in [3.8, 4) is 5.75 Å². The Morgan fingerprint density at radius 1 is 0.980 bits per heavy atom. The average molecular weight is 683 g/mol. The quantitative estimate of drug-likeness (QED) is 0.204. The zero-order valence-electron chi connectivity index (χ0n) is 31.4. The summed E-state index contributed by atoms with van der Waals surface area (Å²) in [4.78, 5) is 39.0. The number of carbonyl (C=O) groups is 3. The molecule has 2 amide bonds. The van der Waals surface area contributed by atoms with E-state index in [9.17, 15) is 14.4 Å². The molecule has 49 heavy (non-hydrogen) atoms. The first kappa shape index (κ1) is 37.5. The fourth-order valence-electron chi connectivity index (χ4n) is 8.69. The zero-order chi connectivity index (χ0) is 35.9. The van der Waals surface area contributed by atoms with Crippen molar-refractivity contribution in [2.45, 2.75) is 155 Å². The van der Waals surface area contributed by atoms with E-state index in [0.29, 0.717) is 41.9 Å². The summed E-state index contributed by atoms with van der Waals surface area (Å²) in [5.74, 6) is 0.807. The summed E-state index contributed by atoms with van der Waals surface area (Å²) >= 11 is 0. The standard InChI is InChI=1S/C38H59BN2O8/c1-35(2,3)46-33(43)27-13-11-12-24(32(27)45-10)20-30(39-48-29-22-25-21-28(37(25,7)8)38(29,9)49-39)41-31(42)19-16-23-14-17-26(18-15-23)40-34(44)47-36(4,5)6/h11-13,23,25-26,28-30H,14-22H2,1-10H3,(H,40,44)(H,41,42)/t23-,25?,26-,28?,29?,30-,38?/m0/s1. The third-order valence-electron chi connectivity index (χ3n) is 11.4. The van der Waals surface area contributed by atoms with Crippen LogP contribution in [0.1, 0.15) is 130 Å². The van der Waals surface area contributed by atoms with Gasteiger partial charge in [-0.05, 0) is 135 Å². The Morgan fingerprint density at radius 3 is 2.27 bits per heavy atom. The SMILES string of the molecule is COc1c(C[C@H](NC(=O)CC[C@H]2CC[C@H](NC(=O)OC(C)(C)C)CC2)B2OC3CC4CC(C4(C)C)C3(C)O2)cccc1C(=O)OC(C)(C)C. The van der Waals surface area contributed by atoms with Crippen molar-refractivity contribution in [1.82, 2.24) is 10.6 Å². The number of alkyl carbamates (subject to hydrolysis) is 1. The fourth-order valence-corrected chi connectivity index (χ4v) is 8.69. The van der Waals surface area contributed by atoms with Crippen molar-refractivity contribution in [2.24, 2.45) is 23.2 Å². The highest BCUT2D eigenvalue weighted by molar-refractivity contribution is 6.48. The molecule has 272 valence electrons. The molecule has 0 aromatic heterocycles. The van der Waals surface area contributed by atoms with Crippen LogP contribution >= 0.6 is 0 Å². The van der Waals surface area contributed by atoms with E-state index in [0.717, 1.165) is 50.5 Å².